The number of piperazine rings is 1. The molecule has 3 aromatic rings. The highest BCUT2D eigenvalue weighted by Crippen LogP contribution is 2.18. The lowest BCUT2D eigenvalue weighted by atomic mass is 10.1. The number of aryl methyl sites for hydroxylation is 1. The molecule has 1 saturated heterocycles. The number of pyridine rings is 1. The molecule has 4 rings (SSSR count). The molecule has 1 fully saturated rings. The van der Waals surface area contributed by atoms with Gasteiger partial charge >= 0.3 is 0 Å². The van der Waals surface area contributed by atoms with E-state index in [4.69, 9.17) is 4.98 Å². The van der Waals surface area contributed by atoms with Gasteiger partial charge in [-0.15, -0.1) is 0 Å². The molecule has 0 radical (unpaired) electrons. The lowest BCUT2D eigenvalue weighted by Gasteiger charge is -2.34. The second-order valence-electron chi connectivity index (χ2n) is 7.14. The molecule has 3 heterocycles. The fraction of sp³-hybridized carbons (Fsp3) is 0.364. The van der Waals surface area contributed by atoms with Crippen molar-refractivity contribution in [3.05, 3.63) is 71.7 Å². The number of fused-ring (bicyclic) bond motifs is 1. The molecule has 5 nitrogen and oxygen atoms in total. The normalized spacial score (nSPS) is 15.4. The highest BCUT2D eigenvalue weighted by atomic mass is 16.2. The minimum absolute atomic E-state index is 0.108. The highest BCUT2D eigenvalue weighted by molar-refractivity contribution is 5.94. The van der Waals surface area contributed by atoms with E-state index in [0.717, 1.165) is 62.6 Å². The Bertz CT molecular complexity index is 910. The van der Waals surface area contributed by atoms with Crippen molar-refractivity contribution in [3.63, 3.8) is 0 Å². The van der Waals surface area contributed by atoms with E-state index in [9.17, 15) is 4.79 Å². The summed E-state index contributed by atoms with van der Waals surface area (Å²) in [7, 11) is 0. The van der Waals surface area contributed by atoms with E-state index in [1.165, 1.54) is 5.56 Å². The summed E-state index contributed by atoms with van der Waals surface area (Å²) < 4.78 is 1.95. The van der Waals surface area contributed by atoms with Gasteiger partial charge in [0.1, 0.15) is 11.3 Å². The molecule has 5 heteroatoms. The summed E-state index contributed by atoms with van der Waals surface area (Å²) >= 11 is 0. The number of amides is 1. The van der Waals surface area contributed by atoms with Gasteiger partial charge < -0.3 is 4.90 Å². The molecule has 1 aromatic carbocycles. The van der Waals surface area contributed by atoms with Crippen molar-refractivity contribution in [2.75, 3.05) is 26.2 Å². The van der Waals surface area contributed by atoms with E-state index in [0.29, 0.717) is 0 Å². The predicted octanol–water partition coefficient (Wildman–Crippen LogP) is 3.24. The van der Waals surface area contributed by atoms with Gasteiger partial charge in [0.25, 0.3) is 5.91 Å². The van der Waals surface area contributed by atoms with Crippen molar-refractivity contribution in [2.45, 2.75) is 26.3 Å². The van der Waals surface area contributed by atoms with Crippen LogP contribution in [-0.4, -0.2) is 51.3 Å². The van der Waals surface area contributed by atoms with Gasteiger partial charge in [-0.3, -0.25) is 14.1 Å². The SMILES string of the molecule is CCCc1nc2ccccn2c1C(=O)N1CCN(Cc2ccccc2)CC1. The van der Waals surface area contributed by atoms with E-state index in [1.807, 2.05) is 39.8 Å². The first kappa shape index (κ1) is 17.7. The Balaban J connectivity index is 1.48. The van der Waals surface area contributed by atoms with Crippen LogP contribution in [0.4, 0.5) is 0 Å². The zero-order chi connectivity index (χ0) is 18.6. The molecule has 0 unspecified atom stereocenters. The first-order valence-electron chi connectivity index (χ1n) is 9.78. The number of hydrogen-bond donors (Lipinski definition) is 0. The van der Waals surface area contributed by atoms with Crippen LogP contribution in [-0.2, 0) is 13.0 Å². The molecule has 2 aromatic heterocycles. The van der Waals surface area contributed by atoms with E-state index < -0.39 is 0 Å². The molecule has 1 aliphatic rings. The number of imidazole rings is 1. The predicted molar refractivity (Wildman–Crippen MR) is 107 cm³/mol. The maximum Gasteiger partial charge on any atom is 0.272 e. The third kappa shape index (κ3) is 3.74. The van der Waals surface area contributed by atoms with E-state index in [2.05, 4.69) is 36.1 Å². The molecule has 0 N–H and O–H groups in total. The largest absolute Gasteiger partial charge is 0.335 e. The summed E-state index contributed by atoms with van der Waals surface area (Å²) in [6.45, 7) is 6.40. The third-order valence-electron chi connectivity index (χ3n) is 5.20. The standard InChI is InChI=1S/C22H26N4O/c1-2-8-19-21(26-12-7-6-11-20(26)23-19)22(27)25-15-13-24(14-16-25)17-18-9-4-3-5-10-18/h3-7,9-12H,2,8,13-17H2,1H3. The van der Waals surface area contributed by atoms with Crippen molar-refractivity contribution < 1.29 is 4.79 Å². The monoisotopic (exact) mass is 362 g/mol. The van der Waals surface area contributed by atoms with E-state index >= 15 is 0 Å². The van der Waals surface area contributed by atoms with E-state index in [1.54, 1.807) is 0 Å². The van der Waals surface area contributed by atoms with Crippen LogP contribution in [0.1, 0.15) is 35.1 Å². The summed E-state index contributed by atoms with van der Waals surface area (Å²) in [5.41, 5.74) is 3.83. The Kier molecular flexibility index (Phi) is 5.21. The van der Waals surface area contributed by atoms with Crippen LogP contribution in [0, 0.1) is 0 Å². The Hall–Kier alpha value is -2.66. The molecule has 0 spiro atoms. The Morgan fingerprint density at radius 3 is 2.48 bits per heavy atom. The van der Waals surface area contributed by atoms with Crippen LogP contribution >= 0.6 is 0 Å². The number of nitrogens with zero attached hydrogens (tertiary/aromatic N) is 4. The third-order valence-corrected chi connectivity index (χ3v) is 5.20. The van der Waals surface area contributed by atoms with Gasteiger partial charge in [-0.2, -0.15) is 0 Å². The van der Waals surface area contributed by atoms with E-state index in [-0.39, 0.29) is 5.91 Å². The van der Waals surface area contributed by atoms with Crippen molar-refractivity contribution in [3.8, 4) is 0 Å². The number of carbonyl (C=O) groups excluding carboxylic acids is 1. The van der Waals surface area contributed by atoms with Gasteiger partial charge in [0.05, 0.1) is 5.69 Å². The molecule has 0 saturated carbocycles. The number of rotatable bonds is 5. The zero-order valence-corrected chi connectivity index (χ0v) is 15.8. The second kappa shape index (κ2) is 7.92. The van der Waals surface area contributed by atoms with Gasteiger partial charge in [0, 0.05) is 38.9 Å². The molecule has 140 valence electrons. The van der Waals surface area contributed by atoms with Gasteiger partial charge in [-0.05, 0) is 24.1 Å². The summed E-state index contributed by atoms with van der Waals surface area (Å²) in [5.74, 6) is 0.108. The van der Waals surface area contributed by atoms with Crippen LogP contribution in [0.3, 0.4) is 0 Å². The molecule has 1 aliphatic heterocycles. The van der Waals surface area contributed by atoms with Crippen molar-refractivity contribution in [2.24, 2.45) is 0 Å². The quantitative estimate of drug-likeness (QED) is 0.700. The number of aromatic nitrogens is 2. The molecular formula is C22H26N4O. The number of carbonyl (C=O) groups is 1. The Morgan fingerprint density at radius 2 is 1.74 bits per heavy atom. The van der Waals surface area contributed by atoms with Gasteiger partial charge in [0.2, 0.25) is 0 Å². The van der Waals surface area contributed by atoms with Gasteiger partial charge in [-0.1, -0.05) is 49.7 Å². The van der Waals surface area contributed by atoms with Crippen LogP contribution in [0.25, 0.3) is 5.65 Å². The first-order chi connectivity index (χ1) is 13.3. The average molecular weight is 362 g/mol. The maximum absolute atomic E-state index is 13.3. The molecule has 27 heavy (non-hydrogen) atoms. The van der Waals surface area contributed by atoms with Gasteiger partial charge in [-0.25, -0.2) is 4.98 Å². The summed E-state index contributed by atoms with van der Waals surface area (Å²) in [4.78, 5) is 22.4. The summed E-state index contributed by atoms with van der Waals surface area (Å²) in [5, 5.41) is 0. The average Bonchev–Trinajstić information content (AvgIpc) is 3.07. The lowest BCUT2D eigenvalue weighted by Crippen LogP contribution is -2.48. The van der Waals surface area contributed by atoms with Crippen molar-refractivity contribution in [1.82, 2.24) is 19.2 Å². The zero-order valence-electron chi connectivity index (χ0n) is 15.8. The second-order valence-corrected chi connectivity index (χ2v) is 7.14. The molecule has 0 bridgehead atoms. The topological polar surface area (TPSA) is 40.9 Å². The minimum atomic E-state index is 0.108. The van der Waals surface area contributed by atoms with Crippen LogP contribution in [0.2, 0.25) is 0 Å². The molecular weight excluding hydrogens is 336 g/mol. The number of benzene rings is 1. The van der Waals surface area contributed by atoms with Crippen molar-refractivity contribution >= 4 is 11.6 Å². The fourth-order valence-corrected chi connectivity index (χ4v) is 3.78. The highest BCUT2D eigenvalue weighted by Gasteiger charge is 2.27. The maximum atomic E-state index is 13.3. The Labute approximate surface area is 160 Å². The summed E-state index contributed by atoms with van der Waals surface area (Å²) in [6, 6.07) is 16.4. The van der Waals surface area contributed by atoms with Crippen LogP contribution in [0.5, 0.6) is 0 Å². The lowest BCUT2D eigenvalue weighted by molar-refractivity contribution is 0.0620. The van der Waals surface area contributed by atoms with Crippen LogP contribution < -0.4 is 0 Å². The molecule has 0 atom stereocenters. The summed E-state index contributed by atoms with van der Waals surface area (Å²) in [6.07, 6.45) is 3.76. The Morgan fingerprint density at radius 1 is 1.00 bits per heavy atom. The minimum Gasteiger partial charge on any atom is -0.335 e. The smallest absolute Gasteiger partial charge is 0.272 e. The molecule has 0 aliphatic carbocycles. The van der Waals surface area contributed by atoms with Crippen LogP contribution in [0.15, 0.2) is 54.7 Å². The number of hydrogen-bond acceptors (Lipinski definition) is 3. The first-order valence-corrected chi connectivity index (χ1v) is 9.78. The van der Waals surface area contributed by atoms with Crippen molar-refractivity contribution in [1.29, 1.82) is 0 Å². The molecule has 1 amide bonds. The van der Waals surface area contributed by atoms with Gasteiger partial charge in [0.15, 0.2) is 0 Å². The fourth-order valence-electron chi connectivity index (χ4n) is 3.78.